The lowest BCUT2D eigenvalue weighted by molar-refractivity contribution is 0.0827. The van der Waals surface area contributed by atoms with Crippen LogP contribution in [0.15, 0.2) is 40.8 Å². The summed E-state index contributed by atoms with van der Waals surface area (Å²) >= 11 is 1.29. The van der Waals surface area contributed by atoms with E-state index in [2.05, 4.69) is 10.3 Å². The van der Waals surface area contributed by atoms with Crippen molar-refractivity contribution in [1.82, 2.24) is 9.88 Å². The van der Waals surface area contributed by atoms with E-state index in [4.69, 9.17) is 4.42 Å². The molecule has 0 spiro atoms. The fraction of sp³-hybridized carbons (Fsp3) is 0.211. The number of carbonyl (C=O) groups excluding carboxylic acids is 2. The van der Waals surface area contributed by atoms with E-state index in [-0.39, 0.29) is 11.8 Å². The van der Waals surface area contributed by atoms with Gasteiger partial charge in [0.1, 0.15) is 10.6 Å². The van der Waals surface area contributed by atoms with E-state index in [1.165, 1.54) is 16.2 Å². The van der Waals surface area contributed by atoms with Gasteiger partial charge in [-0.3, -0.25) is 9.59 Å². The molecule has 0 aliphatic heterocycles. The van der Waals surface area contributed by atoms with Gasteiger partial charge >= 0.3 is 0 Å². The van der Waals surface area contributed by atoms with Crippen LogP contribution in [0.5, 0.6) is 0 Å². The molecule has 2 amide bonds. The average molecular weight is 369 g/mol. The number of nitrogens with zero attached hydrogens (tertiary/aromatic N) is 2. The van der Waals surface area contributed by atoms with E-state index in [9.17, 15) is 9.59 Å². The van der Waals surface area contributed by atoms with E-state index >= 15 is 0 Å². The molecule has 3 aromatic rings. The molecule has 134 valence electrons. The number of thiazole rings is 1. The molecule has 1 N–H and O–H groups in total. The number of amides is 2. The number of hydrogen-bond acceptors (Lipinski definition) is 5. The van der Waals surface area contributed by atoms with Crippen LogP contribution in [-0.2, 0) is 0 Å². The fourth-order valence-electron chi connectivity index (χ4n) is 2.40. The first-order valence-electron chi connectivity index (χ1n) is 8.02. The third-order valence-corrected chi connectivity index (χ3v) is 4.92. The topological polar surface area (TPSA) is 75.4 Å². The number of benzene rings is 1. The Morgan fingerprint density at radius 3 is 2.35 bits per heavy atom. The van der Waals surface area contributed by atoms with Crippen LogP contribution in [0.25, 0.3) is 10.8 Å². The number of hydrogen-bond donors (Lipinski definition) is 1. The smallest absolute Gasteiger partial charge is 0.267 e. The number of carbonyl (C=O) groups is 2. The molecule has 0 saturated heterocycles. The minimum Gasteiger partial charge on any atom is -0.459 e. The molecule has 3 rings (SSSR count). The van der Waals surface area contributed by atoms with Crippen LogP contribution < -0.4 is 5.32 Å². The maximum Gasteiger partial charge on any atom is 0.267 e. The zero-order valence-corrected chi connectivity index (χ0v) is 15.8. The number of furan rings is 1. The van der Waals surface area contributed by atoms with Gasteiger partial charge in [-0.2, -0.15) is 0 Å². The number of nitrogens with one attached hydrogen (secondary N) is 1. The molecule has 26 heavy (non-hydrogen) atoms. The van der Waals surface area contributed by atoms with Gasteiger partial charge in [-0.15, -0.1) is 11.3 Å². The van der Waals surface area contributed by atoms with Crippen LogP contribution in [0.2, 0.25) is 0 Å². The first kappa shape index (κ1) is 17.9. The Morgan fingerprint density at radius 1 is 1.08 bits per heavy atom. The highest BCUT2D eigenvalue weighted by molar-refractivity contribution is 7.17. The molecule has 0 fully saturated rings. The molecular weight excluding hydrogens is 350 g/mol. The van der Waals surface area contributed by atoms with Crippen molar-refractivity contribution >= 4 is 28.8 Å². The first-order chi connectivity index (χ1) is 12.3. The Morgan fingerprint density at radius 2 is 1.77 bits per heavy atom. The fourth-order valence-corrected chi connectivity index (χ4v) is 3.33. The first-order valence-corrected chi connectivity index (χ1v) is 8.84. The van der Waals surface area contributed by atoms with Crippen molar-refractivity contribution in [1.29, 1.82) is 0 Å². The molecule has 1 aromatic carbocycles. The summed E-state index contributed by atoms with van der Waals surface area (Å²) in [4.78, 5) is 30.9. The Hall–Kier alpha value is -2.93. The largest absolute Gasteiger partial charge is 0.459 e. The van der Waals surface area contributed by atoms with Crippen molar-refractivity contribution < 1.29 is 14.0 Å². The second kappa shape index (κ2) is 7.13. The summed E-state index contributed by atoms with van der Waals surface area (Å²) in [6, 6.07) is 10.5. The highest BCUT2D eigenvalue weighted by Crippen LogP contribution is 2.29. The molecule has 0 aliphatic carbocycles. The van der Waals surface area contributed by atoms with Crippen molar-refractivity contribution in [3.05, 3.63) is 58.3 Å². The predicted octanol–water partition coefficient (Wildman–Crippen LogP) is 3.97. The van der Waals surface area contributed by atoms with Crippen molar-refractivity contribution in [2.45, 2.75) is 13.8 Å². The summed E-state index contributed by atoms with van der Waals surface area (Å²) in [7, 11) is 3.39. The van der Waals surface area contributed by atoms with Gasteiger partial charge in [-0.1, -0.05) is 0 Å². The number of rotatable bonds is 4. The number of anilines is 1. The highest BCUT2D eigenvalue weighted by atomic mass is 32.1. The molecule has 2 aromatic heterocycles. The zero-order valence-electron chi connectivity index (χ0n) is 15.0. The van der Waals surface area contributed by atoms with E-state index < -0.39 is 0 Å². The quantitative estimate of drug-likeness (QED) is 0.755. The van der Waals surface area contributed by atoms with E-state index in [0.29, 0.717) is 32.6 Å². The molecule has 0 unspecified atom stereocenters. The Balaban J connectivity index is 1.76. The van der Waals surface area contributed by atoms with Gasteiger partial charge in [0.05, 0.1) is 5.69 Å². The van der Waals surface area contributed by atoms with E-state index in [1.807, 2.05) is 19.1 Å². The molecule has 7 heteroatoms. The molecule has 0 atom stereocenters. The summed E-state index contributed by atoms with van der Waals surface area (Å²) in [5, 5.41) is 3.51. The Kier molecular flexibility index (Phi) is 4.90. The van der Waals surface area contributed by atoms with Crippen LogP contribution in [0, 0.1) is 13.8 Å². The zero-order chi connectivity index (χ0) is 18.8. The van der Waals surface area contributed by atoms with Crippen molar-refractivity contribution in [2.24, 2.45) is 0 Å². The standard InChI is InChI=1S/C19H19N3O3S/c1-11-5-10-15(25-11)18-20-12(2)16(26-18)17(23)21-14-8-6-13(7-9-14)19(24)22(3)4/h5-10H,1-4H3,(H,21,23). The van der Waals surface area contributed by atoms with Crippen LogP contribution in [0.3, 0.4) is 0 Å². The monoisotopic (exact) mass is 369 g/mol. The summed E-state index contributed by atoms with van der Waals surface area (Å²) in [6.45, 7) is 3.66. The molecule has 6 nitrogen and oxygen atoms in total. The predicted molar refractivity (Wildman–Crippen MR) is 102 cm³/mol. The molecular formula is C19H19N3O3S. The molecule has 0 saturated carbocycles. The SMILES string of the molecule is Cc1ccc(-c2nc(C)c(C(=O)Nc3ccc(C(=O)N(C)C)cc3)s2)o1. The van der Waals surface area contributed by atoms with Crippen molar-refractivity contribution in [2.75, 3.05) is 19.4 Å². The van der Waals surface area contributed by atoms with E-state index in [1.54, 1.807) is 45.3 Å². The maximum absolute atomic E-state index is 12.6. The lowest BCUT2D eigenvalue weighted by atomic mass is 10.2. The summed E-state index contributed by atoms with van der Waals surface area (Å²) < 4.78 is 5.57. The van der Waals surface area contributed by atoms with Gasteiger partial charge in [0, 0.05) is 25.3 Å². The molecule has 0 bridgehead atoms. The van der Waals surface area contributed by atoms with E-state index in [0.717, 1.165) is 5.76 Å². The normalized spacial score (nSPS) is 10.6. The second-order valence-corrected chi connectivity index (χ2v) is 7.07. The third kappa shape index (κ3) is 3.67. The molecule has 2 heterocycles. The van der Waals surface area contributed by atoms with Gasteiger partial charge in [0.25, 0.3) is 11.8 Å². The third-order valence-electron chi connectivity index (χ3n) is 3.75. The Labute approximate surface area is 155 Å². The summed E-state index contributed by atoms with van der Waals surface area (Å²) in [5.41, 5.74) is 1.84. The van der Waals surface area contributed by atoms with Gasteiger partial charge in [-0.25, -0.2) is 4.98 Å². The highest BCUT2D eigenvalue weighted by Gasteiger charge is 2.18. The van der Waals surface area contributed by atoms with Crippen LogP contribution in [0.4, 0.5) is 5.69 Å². The van der Waals surface area contributed by atoms with Gasteiger partial charge in [0.15, 0.2) is 10.8 Å². The minimum absolute atomic E-state index is 0.0837. The van der Waals surface area contributed by atoms with Crippen molar-refractivity contribution in [3.63, 3.8) is 0 Å². The van der Waals surface area contributed by atoms with Gasteiger partial charge in [0.2, 0.25) is 0 Å². The maximum atomic E-state index is 12.6. The van der Waals surface area contributed by atoms with Crippen LogP contribution in [-0.4, -0.2) is 35.8 Å². The summed E-state index contributed by atoms with van der Waals surface area (Å²) in [6.07, 6.45) is 0. The molecule has 0 aliphatic rings. The summed E-state index contributed by atoms with van der Waals surface area (Å²) in [5.74, 6) is 1.13. The average Bonchev–Trinajstić information content (AvgIpc) is 3.20. The molecule has 0 radical (unpaired) electrons. The Bertz CT molecular complexity index is 955. The van der Waals surface area contributed by atoms with Crippen LogP contribution in [0.1, 0.15) is 31.5 Å². The minimum atomic E-state index is -0.235. The van der Waals surface area contributed by atoms with Gasteiger partial charge in [-0.05, 0) is 50.2 Å². The van der Waals surface area contributed by atoms with Gasteiger partial charge < -0.3 is 14.6 Å². The van der Waals surface area contributed by atoms with Crippen LogP contribution >= 0.6 is 11.3 Å². The number of aromatic nitrogens is 1. The number of aryl methyl sites for hydroxylation is 2. The lowest BCUT2D eigenvalue weighted by Crippen LogP contribution is -2.21. The second-order valence-electron chi connectivity index (χ2n) is 6.07. The lowest BCUT2D eigenvalue weighted by Gasteiger charge is -2.10. The van der Waals surface area contributed by atoms with Crippen molar-refractivity contribution in [3.8, 4) is 10.8 Å².